The first-order valence-corrected chi connectivity index (χ1v) is 6.60. The van der Waals surface area contributed by atoms with Crippen molar-refractivity contribution in [3.05, 3.63) is 63.4 Å². The maximum absolute atomic E-state index is 13.8. The summed E-state index contributed by atoms with van der Waals surface area (Å²) in [5.41, 5.74) is 2.78. The third kappa shape index (κ3) is 3.20. The zero-order valence-electron chi connectivity index (χ0n) is 10.6. The molecule has 0 saturated heterocycles. The van der Waals surface area contributed by atoms with E-state index in [2.05, 4.69) is 21.2 Å². The molecule has 0 spiro atoms. The molecule has 0 radical (unpaired) electrons. The largest absolute Gasteiger partial charge is 0.322 e. The molecule has 19 heavy (non-hydrogen) atoms. The molecule has 2 aromatic carbocycles. The molecule has 0 aliphatic heterocycles. The fourth-order valence-corrected chi connectivity index (χ4v) is 2.29. The summed E-state index contributed by atoms with van der Waals surface area (Å²) in [7, 11) is 0. The number of aryl methyl sites for hydroxylation is 2. The van der Waals surface area contributed by atoms with E-state index in [1.807, 2.05) is 32.0 Å². The highest BCUT2D eigenvalue weighted by molar-refractivity contribution is 9.10. The summed E-state index contributed by atoms with van der Waals surface area (Å²) in [6, 6.07) is 10.3. The second kappa shape index (κ2) is 5.53. The number of halogens is 2. The standard InChI is InChI=1S/C15H13BrFNO/c1-9-6-10(2)8-11(7-9)18-15(19)12-4-3-5-13(16)14(12)17/h3-8H,1-2H3,(H,18,19). The van der Waals surface area contributed by atoms with Crippen LogP contribution in [0.5, 0.6) is 0 Å². The second-order valence-corrected chi connectivity index (χ2v) is 5.29. The summed E-state index contributed by atoms with van der Waals surface area (Å²) in [6.45, 7) is 3.89. The molecular formula is C15H13BrFNO. The van der Waals surface area contributed by atoms with Crippen molar-refractivity contribution in [1.82, 2.24) is 0 Å². The minimum atomic E-state index is -0.552. The number of amides is 1. The summed E-state index contributed by atoms with van der Waals surface area (Å²) in [5.74, 6) is -1.01. The minimum absolute atomic E-state index is 0.0218. The van der Waals surface area contributed by atoms with Gasteiger partial charge in [-0.3, -0.25) is 4.79 Å². The van der Waals surface area contributed by atoms with Crippen molar-refractivity contribution in [2.75, 3.05) is 5.32 Å². The zero-order chi connectivity index (χ0) is 14.0. The Morgan fingerprint density at radius 1 is 1.16 bits per heavy atom. The highest BCUT2D eigenvalue weighted by atomic mass is 79.9. The summed E-state index contributed by atoms with van der Waals surface area (Å²) >= 11 is 3.07. The SMILES string of the molecule is Cc1cc(C)cc(NC(=O)c2cccc(Br)c2F)c1. The first-order valence-electron chi connectivity index (χ1n) is 5.81. The van der Waals surface area contributed by atoms with Gasteiger partial charge in [-0.05, 0) is 65.2 Å². The molecular weight excluding hydrogens is 309 g/mol. The first kappa shape index (κ1) is 13.7. The predicted octanol–water partition coefficient (Wildman–Crippen LogP) is 4.46. The van der Waals surface area contributed by atoms with E-state index >= 15 is 0 Å². The predicted molar refractivity (Wildman–Crippen MR) is 78.0 cm³/mol. The average molecular weight is 322 g/mol. The Morgan fingerprint density at radius 3 is 2.42 bits per heavy atom. The van der Waals surface area contributed by atoms with E-state index in [1.54, 1.807) is 12.1 Å². The maximum atomic E-state index is 13.8. The quantitative estimate of drug-likeness (QED) is 0.869. The van der Waals surface area contributed by atoms with E-state index in [0.717, 1.165) is 11.1 Å². The van der Waals surface area contributed by atoms with Crippen molar-refractivity contribution in [1.29, 1.82) is 0 Å². The summed E-state index contributed by atoms with van der Waals surface area (Å²) in [6.07, 6.45) is 0. The lowest BCUT2D eigenvalue weighted by atomic mass is 10.1. The van der Waals surface area contributed by atoms with Gasteiger partial charge in [-0.1, -0.05) is 12.1 Å². The van der Waals surface area contributed by atoms with Gasteiger partial charge in [0, 0.05) is 5.69 Å². The van der Waals surface area contributed by atoms with E-state index in [0.29, 0.717) is 5.69 Å². The lowest BCUT2D eigenvalue weighted by molar-refractivity contribution is 0.102. The van der Waals surface area contributed by atoms with Crippen LogP contribution < -0.4 is 5.32 Å². The highest BCUT2D eigenvalue weighted by Crippen LogP contribution is 2.20. The number of carbonyl (C=O) groups excluding carboxylic acids is 1. The number of carbonyl (C=O) groups is 1. The van der Waals surface area contributed by atoms with Gasteiger partial charge >= 0.3 is 0 Å². The Labute approximate surface area is 119 Å². The fraction of sp³-hybridized carbons (Fsp3) is 0.133. The molecule has 0 atom stereocenters. The summed E-state index contributed by atoms with van der Waals surface area (Å²) in [4.78, 5) is 12.0. The van der Waals surface area contributed by atoms with E-state index in [9.17, 15) is 9.18 Å². The minimum Gasteiger partial charge on any atom is -0.322 e. The molecule has 0 aliphatic carbocycles. The van der Waals surface area contributed by atoms with Gasteiger partial charge in [0.25, 0.3) is 5.91 Å². The van der Waals surface area contributed by atoms with Gasteiger partial charge in [0.2, 0.25) is 0 Å². The number of hydrogen-bond acceptors (Lipinski definition) is 1. The van der Waals surface area contributed by atoms with Gasteiger partial charge < -0.3 is 5.32 Å². The maximum Gasteiger partial charge on any atom is 0.258 e. The summed E-state index contributed by atoms with van der Waals surface area (Å²) < 4.78 is 14.1. The molecule has 0 saturated carbocycles. The average Bonchev–Trinajstić information content (AvgIpc) is 2.31. The number of rotatable bonds is 2. The van der Waals surface area contributed by atoms with Crippen molar-refractivity contribution in [2.24, 2.45) is 0 Å². The van der Waals surface area contributed by atoms with Crippen LogP contribution in [0.4, 0.5) is 10.1 Å². The van der Waals surface area contributed by atoms with Crippen LogP contribution in [0.1, 0.15) is 21.5 Å². The monoisotopic (exact) mass is 321 g/mol. The summed E-state index contributed by atoms with van der Waals surface area (Å²) in [5, 5.41) is 2.71. The highest BCUT2D eigenvalue weighted by Gasteiger charge is 2.14. The van der Waals surface area contributed by atoms with Gasteiger partial charge in [-0.15, -0.1) is 0 Å². The van der Waals surface area contributed by atoms with Crippen LogP contribution in [0.3, 0.4) is 0 Å². The van der Waals surface area contributed by atoms with Gasteiger partial charge in [-0.25, -0.2) is 4.39 Å². The number of hydrogen-bond donors (Lipinski definition) is 1. The van der Waals surface area contributed by atoms with Crippen LogP contribution in [-0.2, 0) is 0 Å². The van der Waals surface area contributed by atoms with Crippen molar-refractivity contribution in [2.45, 2.75) is 13.8 Å². The third-order valence-electron chi connectivity index (χ3n) is 2.68. The molecule has 0 bridgehead atoms. The van der Waals surface area contributed by atoms with E-state index in [1.165, 1.54) is 6.07 Å². The Hall–Kier alpha value is -1.68. The second-order valence-electron chi connectivity index (χ2n) is 4.43. The number of nitrogens with one attached hydrogen (secondary N) is 1. The first-order chi connectivity index (χ1) is 8.97. The zero-order valence-corrected chi connectivity index (χ0v) is 12.2. The fourth-order valence-electron chi connectivity index (χ4n) is 1.92. The third-order valence-corrected chi connectivity index (χ3v) is 3.29. The molecule has 1 N–H and O–H groups in total. The van der Waals surface area contributed by atoms with Crippen LogP contribution >= 0.6 is 15.9 Å². The van der Waals surface area contributed by atoms with Crippen LogP contribution in [0, 0.1) is 19.7 Å². The molecule has 1 amide bonds. The van der Waals surface area contributed by atoms with Crippen LogP contribution in [-0.4, -0.2) is 5.91 Å². The van der Waals surface area contributed by atoms with Crippen LogP contribution in [0.2, 0.25) is 0 Å². The lowest BCUT2D eigenvalue weighted by Gasteiger charge is -2.08. The lowest BCUT2D eigenvalue weighted by Crippen LogP contribution is -2.14. The molecule has 0 heterocycles. The van der Waals surface area contributed by atoms with Gasteiger partial charge in [0.15, 0.2) is 0 Å². The van der Waals surface area contributed by atoms with Crippen molar-refractivity contribution in [3.63, 3.8) is 0 Å². The molecule has 2 nitrogen and oxygen atoms in total. The molecule has 98 valence electrons. The van der Waals surface area contributed by atoms with Gasteiger partial charge in [-0.2, -0.15) is 0 Å². The molecule has 4 heteroatoms. The normalized spacial score (nSPS) is 10.3. The molecule has 0 fully saturated rings. The van der Waals surface area contributed by atoms with Crippen molar-refractivity contribution in [3.8, 4) is 0 Å². The molecule has 2 rings (SSSR count). The van der Waals surface area contributed by atoms with Crippen molar-refractivity contribution < 1.29 is 9.18 Å². The Bertz CT molecular complexity index is 620. The van der Waals surface area contributed by atoms with Crippen LogP contribution in [0.25, 0.3) is 0 Å². The van der Waals surface area contributed by atoms with Crippen LogP contribution in [0.15, 0.2) is 40.9 Å². The molecule has 2 aromatic rings. The van der Waals surface area contributed by atoms with E-state index < -0.39 is 11.7 Å². The molecule has 0 unspecified atom stereocenters. The smallest absolute Gasteiger partial charge is 0.258 e. The number of anilines is 1. The Balaban J connectivity index is 2.28. The molecule has 0 aliphatic rings. The van der Waals surface area contributed by atoms with Gasteiger partial charge in [0.1, 0.15) is 5.82 Å². The molecule has 0 aromatic heterocycles. The topological polar surface area (TPSA) is 29.1 Å². The Morgan fingerprint density at radius 2 is 1.79 bits per heavy atom. The van der Waals surface area contributed by atoms with Crippen molar-refractivity contribution >= 4 is 27.5 Å². The van der Waals surface area contributed by atoms with E-state index in [4.69, 9.17) is 0 Å². The Kier molecular flexibility index (Phi) is 4.00. The van der Waals surface area contributed by atoms with E-state index in [-0.39, 0.29) is 10.0 Å². The number of benzene rings is 2. The van der Waals surface area contributed by atoms with Gasteiger partial charge in [0.05, 0.1) is 10.0 Å².